The first kappa shape index (κ1) is 18.0. The first-order chi connectivity index (χ1) is 13.7. The number of furan rings is 1. The molecule has 2 aromatic heterocycles. The molecule has 4 rings (SSSR count). The van der Waals surface area contributed by atoms with E-state index in [1.807, 2.05) is 41.9 Å². The molecule has 2 amide bonds. The Morgan fingerprint density at radius 1 is 1.00 bits per heavy atom. The number of nitrogens with zero attached hydrogens (tertiary/aromatic N) is 4. The lowest BCUT2D eigenvalue weighted by molar-refractivity contribution is 0.0534. The fourth-order valence-electron chi connectivity index (χ4n) is 3.54. The maximum absolute atomic E-state index is 13.1. The molecular formula is C21H22N4O3. The lowest BCUT2D eigenvalue weighted by Crippen LogP contribution is -2.50. The highest BCUT2D eigenvalue weighted by Crippen LogP contribution is 2.19. The number of para-hydroxylation sites is 1. The van der Waals surface area contributed by atoms with Crippen LogP contribution in [0.15, 0.2) is 59.5 Å². The van der Waals surface area contributed by atoms with Crippen molar-refractivity contribution in [3.63, 3.8) is 0 Å². The van der Waals surface area contributed by atoms with Crippen LogP contribution in [0.25, 0.3) is 5.69 Å². The van der Waals surface area contributed by atoms with Crippen LogP contribution in [0.5, 0.6) is 0 Å². The van der Waals surface area contributed by atoms with Gasteiger partial charge in [-0.1, -0.05) is 25.1 Å². The van der Waals surface area contributed by atoms with E-state index in [-0.39, 0.29) is 11.8 Å². The average molecular weight is 378 g/mol. The Bertz CT molecular complexity index is 955. The summed E-state index contributed by atoms with van der Waals surface area (Å²) in [6, 6.07) is 11.5. The molecule has 0 N–H and O–H groups in total. The normalized spacial score (nSPS) is 14.3. The Kier molecular flexibility index (Phi) is 4.97. The number of hydrogen-bond donors (Lipinski definition) is 0. The van der Waals surface area contributed by atoms with E-state index in [9.17, 15) is 9.59 Å². The highest BCUT2D eigenvalue weighted by atomic mass is 16.3. The number of aromatic nitrogens is 2. The van der Waals surface area contributed by atoms with Crippen molar-refractivity contribution in [1.82, 2.24) is 19.6 Å². The third-order valence-electron chi connectivity index (χ3n) is 5.06. The molecule has 0 spiro atoms. The summed E-state index contributed by atoms with van der Waals surface area (Å²) in [5.41, 5.74) is 3.00. The SMILES string of the molecule is CCc1c(C(=O)N2CCN(C(=O)c3ccoc3)CC2)cnn1-c1ccccc1. The minimum absolute atomic E-state index is 0.0329. The molecule has 0 atom stereocenters. The lowest BCUT2D eigenvalue weighted by atomic mass is 10.1. The molecular weight excluding hydrogens is 356 g/mol. The third-order valence-corrected chi connectivity index (χ3v) is 5.06. The molecule has 0 saturated carbocycles. The summed E-state index contributed by atoms with van der Waals surface area (Å²) < 4.78 is 6.81. The molecule has 1 aromatic carbocycles. The summed E-state index contributed by atoms with van der Waals surface area (Å²) in [5.74, 6) is -0.0959. The largest absolute Gasteiger partial charge is 0.472 e. The highest BCUT2D eigenvalue weighted by molar-refractivity contribution is 5.96. The summed E-state index contributed by atoms with van der Waals surface area (Å²) in [5, 5.41) is 4.44. The van der Waals surface area contributed by atoms with Gasteiger partial charge in [0.05, 0.1) is 35.0 Å². The van der Waals surface area contributed by atoms with Crippen LogP contribution in [0.4, 0.5) is 0 Å². The molecule has 0 bridgehead atoms. The second kappa shape index (κ2) is 7.72. The number of piperazine rings is 1. The smallest absolute Gasteiger partial charge is 0.257 e. The second-order valence-electron chi connectivity index (χ2n) is 6.70. The van der Waals surface area contributed by atoms with Crippen molar-refractivity contribution in [2.24, 2.45) is 0 Å². The fourth-order valence-corrected chi connectivity index (χ4v) is 3.54. The summed E-state index contributed by atoms with van der Waals surface area (Å²) >= 11 is 0. The number of carbonyl (C=O) groups excluding carboxylic acids is 2. The van der Waals surface area contributed by atoms with Crippen molar-refractivity contribution in [3.05, 3.63) is 71.9 Å². The van der Waals surface area contributed by atoms with Crippen LogP contribution >= 0.6 is 0 Å². The Morgan fingerprint density at radius 2 is 1.68 bits per heavy atom. The Labute approximate surface area is 163 Å². The van der Waals surface area contributed by atoms with Gasteiger partial charge in [0.2, 0.25) is 0 Å². The molecule has 1 aliphatic heterocycles. The fraction of sp³-hybridized carbons (Fsp3) is 0.286. The molecule has 7 nitrogen and oxygen atoms in total. The predicted octanol–water partition coefficient (Wildman–Crippen LogP) is 2.63. The number of rotatable bonds is 4. The molecule has 3 heterocycles. The first-order valence-electron chi connectivity index (χ1n) is 9.42. The van der Waals surface area contributed by atoms with Gasteiger partial charge in [0, 0.05) is 26.2 Å². The van der Waals surface area contributed by atoms with E-state index in [1.165, 1.54) is 12.5 Å². The Hall–Kier alpha value is -3.35. The summed E-state index contributed by atoms with van der Waals surface area (Å²) in [6.07, 6.45) is 5.29. The van der Waals surface area contributed by atoms with Gasteiger partial charge in [-0.3, -0.25) is 9.59 Å². The topological polar surface area (TPSA) is 71.6 Å². The predicted molar refractivity (Wildman–Crippen MR) is 103 cm³/mol. The van der Waals surface area contributed by atoms with Gasteiger partial charge in [0.1, 0.15) is 6.26 Å². The number of benzene rings is 1. The quantitative estimate of drug-likeness (QED) is 0.700. The van der Waals surface area contributed by atoms with Gasteiger partial charge in [-0.2, -0.15) is 5.10 Å². The van der Waals surface area contributed by atoms with Gasteiger partial charge in [-0.25, -0.2) is 4.68 Å². The van der Waals surface area contributed by atoms with Gasteiger partial charge >= 0.3 is 0 Å². The molecule has 0 aliphatic carbocycles. The molecule has 28 heavy (non-hydrogen) atoms. The minimum Gasteiger partial charge on any atom is -0.472 e. The van der Waals surface area contributed by atoms with Crippen molar-refractivity contribution in [2.75, 3.05) is 26.2 Å². The molecule has 1 fully saturated rings. The summed E-state index contributed by atoms with van der Waals surface area (Å²) in [6.45, 7) is 4.03. The zero-order valence-electron chi connectivity index (χ0n) is 15.7. The molecule has 3 aromatic rings. The number of hydrogen-bond acceptors (Lipinski definition) is 4. The monoisotopic (exact) mass is 378 g/mol. The Morgan fingerprint density at radius 3 is 2.29 bits per heavy atom. The van der Waals surface area contributed by atoms with Gasteiger partial charge in [0.25, 0.3) is 11.8 Å². The van der Waals surface area contributed by atoms with E-state index in [2.05, 4.69) is 5.10 Å². The lowest BCUT2D eigenvalue weighted by Gasteiger charge is -2.34. The maximum Gasteiger partial charge on any atom is 0.257 e. The van der Waals surface area contributed by atoms with Crippen LogP contribution in [0.3, 0.4) is 0 Å². The van der Waals surface area contributed by atoms with Crippen LogP contribution in [0, 0.1) is 0 Å². The number of carbonyl (C=O) groups is 2. The zero-order chi connectivity index (χ0) is 19.5. The van der Waals surface area contributed by atoms with Crippen LogP contribution in [0.2, 0.25) is 0 Å². The van der Waals surface area contributed by atoms with E-state index < -0.39 is 0 Å². The van der Waals surface area contributed by atoms with E-state index in [4.69, 9.17) is 4.42 Å². The molecule has 7 heteroatoms. The van der Waals surface area contributed by atoms with Crippen LogP contribution in [-0.2, 0) is 6.42 Å². The number of amides is 2. The zero-order valence-corrected chi connectivity index (χ0v) is 15.7. The van der Waals surface area contributed by atoms with Gasteiger partial charge in [-0.05, 0) is 24.6 Å². The first-order valence-corrected chi connectivity index (χ1v) is 9.42. The van der Waals surface area contributed by atoms with Gasteiger partial charge in [0.15, 0.2) is 0 Å². The molecule has 0 unspecified atom stereocenters. The third kappa shape index (κ3) is 3.31. The van der Waals surface area contributed by atoms with Crippen molar-refractivity contribution in [2.45, 2.75) is 13.3 Å². The van der Waals surface area contributed by atoms with Crippen LogP contribution in [0.1, 0.15) is 33.3 Å². The van der Waals surface area contributed by atoms with Crippen LogP contribution in [-0.4, -0.2) is 57.6 Å². The van der Waals surface area contributed by atoms with Crippen molar-refractivity contribution in [3.8, 4) is 5.69 Å². The molecule has 1 saturated heterocycles. The van der Waals surface area contributed by atoms with Gasteiger partial charge < -0.3 is 14.2 Å². The van der Waals surface area contributed by atoms with Crippen molar-refractivity contribution < 1.29 is 14.0 Å². The van der Waals surface area contributed by atoms with Crippen molar-refractivity contribution in [1.29, 1.82) is 0 Å². The molecule has 0 radical (unpaired) electrons. The summed E-state index contributed by atoms with van der Waals surface area (Å²) in [7, 11) is 0. The van der Waals surface area contributed by atoms with E-state index in [0.717, 1.165) is 11.4 Å². The maximum atomic E-state index is 13.1. The van der Waals surface area contributed by atoms with E-state index in [0.29, 0.717) is 43.7 Å². The van der Waals surface area contributed by atoms with Crippen molar-refractivity contribution >= 4 is 11.8 Å². The Balaban J connectivity index is 1.47. The molecule has 1 aliphatic rings. The van der Waals surface area contributed by atoms with E-state index in [1.54, 1.807) is 22.1 Å². The second-order valence-corrected chi connectivity index (χ2v) is 6.70. The highest BCUT2D eigenvalue weighted by Gasteiger charge is 2.28. The van der Waals surface area contributed by atoms with Crippen LogP contribution < -0.4 is 0 Å². The van der Waals surface area contributed by atoms with Gasteiger partial charge in [-0.15, -0.1) is 0 Å². The standard InChI is InChI=1S/C21H22N4O3/c1-2-19-18(14-22-25(19)17-6-4-3-5-7-17)21(27)24-11-9-23(10-12-24)20(26)16-8-13-28-15-16/h3-8,13-15H,2,9-12H2,1H3. The van der Waals surface area contributed by atoms with E-state index >= 15 is 0 Å². The molecule has 144 valence electrons. The average Bonchev–Trinajstić information content (AvgIpc) is 3.43. The summed E-state index contributed by atoms with van der Waals surface area (Å²) in [4.78, 5) is 29.0. The minimum atomic E-state index is -0.0630.